The van der Waals surface area contributed by atoms with E-state index in [-0.39, 0.29) is 16.8 Å². The van der Waals surface area contributed by atoms with Gasteiger partial charge in [0.25, 0.3) is 11.8 Å². The van der Waals surface area contributed by atoms with Crippen LogP contribution >= 0.6 is 24.0 Å². The number of morpholine rings is 1. The Kier molecular flexibility index (Phi) is 6.65. The van der Waals surface area contributed by atoms with Crippen LogP contribution in [0.3, 0.4) is 0 Å². The van der Waals surface area contributed by atoms with Crippen molar-refractivity contribution in [2.45, 2.75) is 0 Å². The predicted octanol–water partition coefficient (Wildman–Crippen LogP) is 1.21. The molecule has 2 aliphatic heterocycles. The largest absolute Gasteiger partial charge is 0.484 e. The van der Waals surface area contributed by atoms with Gasteiger partial charge in [-0.1, -0.05) is 36.1 Å². The summed E-state index contributed by atoms with van der Waals surface area (Å²) in [6.45, 7) is 1.72. The van der Waals surface area contributed by atoms with Crippen molar-refractivity contribution in [1.82, 2.24) is 9.80 Å². The van der Waals surface area contributed by atoms with Gasteiger partial charge in [-0.2, -0.15) is 0 Å². The first-order chi connectivity index (χ1) is 13.4. The fraction of sp³-hybridized carbons (Fsp3) is 0.333. The molecule has 0 aromatic heterocycles. The number of thioether (sulfide) groups is 1. The van der Waals surface area contributed by atoms with Crippen LogP contribution in [0.1, 0.15) is 5.56 Å². The third kappa shape index (κ3) is 5.09. The molecule has 0 radical (unpaired) electrons. The summed E-state index contributed by atoms with van der Waals surface area (Å²) in [7, 11) is 0. The molecule has 1 N–H and O–H groups in total. The quantitative estimate of drug-likeness (QED) is 0.540. The Hall–Kier alpha value is -2.43. The number of aliphatic carboxylic acids is 1. The summed E-state index contributed by atoms with van der Waals surface area (Å²) in [6.07, 6.45) is 1.64. The van der Waals surface area contributed by atoms with Gasteiger partial charge in [0.2, 0.25) is 0 Å². The molecule has 2 aliphatic rings. The highest BCUT2D eigenvalue weighted by atomic mass is 32.2. The Bertz CT molecular complexity index is 818. The average molecular weight is 422 g/mol. The maximum absolute atomic E-state index is 12.3. The number of carboxylic acids is 1. The summed E-state index contributed by atoms with van der Waals surface area (Å²) in [5.41, 5.74) is 0.739. The van der Waals surface area contributed by atoms with Crippen LogP contribution in [0, 0.1) is 0 Å². The van der Waals surface area contributed by atoms with E-state index in [9.17, 15) is 14.4 Å². The van der Waals surface area contributed by atoms with Crippen LogP contribution in [0.4, 0.5) is 0 Å². The summed E-state index contributed by atoms with van der Waals surface area (Å²) in [5.74, 6) is -1.09. The zero-order valence-corrected chi connectivity index (χ0v) is 16.5. The number of ether oxygens (including phenoxy) is 2. The van der Waals surface area contributed by atoms with Crippen molar-refractivity contribution in [3.05, 3.63) is 34.7 Å². The van der Waals surface area contributed by atoms with E-state index in [0.29, 0.717) is 37.0 Å². The average Bonchev–Trinajstić information content (AvgIpc) is 2.95. The molecule has 2 amide bonds. The smallest absolute Gasteiger partial charge is 0.323 e. The second-order valence-corrected chi connectivity index (χ2v) is 7.69. The van der Waals surface area contributed by atoms with Crippen molar-refractivity contribution >= 4 is 52.2 Å². The number of carbonyl (C=O) groups is 3. The summed E-state index contributed by atoms with van der Waals surface area (Å²) >= 11 is 6.13. The molecule has 0 spiro atoms. The number of benzene rings is 1. The minimum absolute atomic E-state index is 0.0484. The monoisotopic (exact) mass is 422 g/mol. The van der Waals surface area contributed by atoms with Crippen LogP contribution in [-0.2, 0) is 19.1 Å². The van der Waals surface area contributed by atoms with E-state index in [1.54, 1.807) is 35.2 Å². The van der Waals surface area contributed by atoms with Crippen LogP contribution in [0.5, 0.6) is 5.75 Å². The maximum atomic E-state index is 12.3. The van der Waals surface area contributed by atoms with E-state index >= 15 is 0 Å². The zero-order valence-electron chi connectivity index (χ0n) is 14.8. The molecular weight excluding hydrogens is 404 g/mol. The second-order valence-electron chi connectivity index (χ2n) is 6.01. The molecule has 2 fully saturated rings. The van der Waals surface area contributed by atoms with Gasteiger partial charge in [-0.15, -0.1) is 0 Å². The van der Waals surface area contributed by atoms with Crippen molar-refractivity contribution in [2.75, 3.05) is 39.5 Å². The topological polar surface area (TPSA) is 96.4 Å². The third-order valence-electron chi connectivity index (χ3n) is 4.07. The second kappa shape index (κ2) is 9.18. The molecule has 148 valence electrons. The molecule has 3 rings (SSSR count). The van der Waals surface area contributed by atoms with Gasteiger partial charge in [0, 0.05) is 13.1 Å². The normalized spacial score (nSPS) is 18.6. The summed E-state index contributed by atoms with van der Waals surface area (Å²) in [5, 5.41) is 8.86. The number of hydrogen-bond donors (Lipinski definition) is 1. The molecule has 1 aromatic rings. The lowest BCUT2D eigenvalue weighted by molar-refractivity contribution is -0.140. The molecule has 2 heterocycles. The lowest BCUT2D eigenvalue weighted by atomic mass is 10.2. The molecule has 8 nitrogen and oxygen atoms in total. The number of thiocarbonyl (C=S) groups is 1. The van der Waals surface area contributed by atoms with E-state index in [4.69, 9.17) is 26.8 Å². The third-order valence-corrected chi connectivity index (χ3v) is 5.45. The van der Waals surface area contributed by atoms with Gasteiger partial charge < -0.3 is 19.5 Å². The van der Waals surface area contributed by atoms with Gasteiger partial charge in [0.15, 0.2) is 6.61 Å². The molecule has 28 heavy (non-hydrogen) atoms. The Balaban J connectivity index is 1.57. The van der Waals surface area contributed by atoms with Gasteiger partial charge in [-0.05, 0) is 23.8 Å². The van der Waals surface area contributed by atoms with E-state index in [2.05, 4.69) is 0 Å². The van der Waals surface area contributed by atoms with Gasteiger partial charge in [-0.25, -0.2) is 0 Å². The molecule has 0 atom stereocenters. The Labute approximate surface area is 171 Å². The maximum Gasteiger partial charge on any atom is 0.323 e. The fourth-order valence-electron chi connectivity index (χ4n) is 2.63. The van der Waals surface area contributed by atoms with Gasteiger partial charge in [0.1, 0.15) is 16.6 Å². The Morgan fingerprint density at radius 1 is 1.25 bits per heavy atom. The van der Waals surface area contributed by atoms with Crippen molar-refractivity contribution in [1.29, 1.82) is 0 Å². The van der Waals surface area contributed by atoms with Crippen molar-refractivity contribution < 1.29 is 29.0 Å². The summed E-state index contributed by atoms with van der Waals surface area (Å²) in [6, 6.07) is 6.91. The van der Waals surface area contributed by atoms with E-state index in [1.165, 1.54) is 0 Å². The first-order valence-corrected chi connectivity index (χ1v) is 9.72. The Morgan fingerprint density at radius 2 is 1.93 bits per heavy atom. The first-order valence-electron chi connectivity index (χ1n) is 8.49. The number of carbonyl (C=O) groups excluding carboxylic acids is 2. The molecule has 10 heteroatoms. The Morgan fingerprint density at radius 3 is 2.57 bits per heavy atom. The van der Waals surface area contributed by atoms with E-state index < -0.39 is 18.4 Å². The van der Waals surface area contributed by atoms with Crippen LogP contribution in [0.15, 0.2) is 29.2 Å². The fourth-order valence-corrected chi connectivity index (χ4v) is 3.89. The minimum Gasteiger partial charge on any atom is -0.484 e. The predicted molar refractivity (Wildman–Crippen MR) is 107 cm³/mol. The van der Waals surface area contributed by atoms with Gasteiger partial charge in [-0.3, -0.25) is 19.3 Å². The molecule has 0 bridgehead atoms. The van der Waals surface area contributed by atoms with Crippen LogP contribution < -0.4 is 4.74 Å². The lowest BCUT2D eigenvalue weighted by Crippen LogP contribution is -2.42. The number of carboxylic acid groups (broad SMARTS) is 1. The molecule has 0 saturated carbocycles. The van der Waals surface area contributed by atoms with Gasteiger partial charge >= 0.3 is 5.97 Å². The standard InChI is InChI=1S/C18H18N2O6S2/c21-15(19-5-7-25-8-6-19)11-26-13-3-1-12(2-4-13)9-14-17(24)20(10-16(22)23)18(27)28-14/h1-4,9H,5-8,10-11H2,(H,22,23)/b14-9+. The van der Waals surface area contributed by atoms with E-state index in [1.807, 2.05) is 0 Å². The molecule has 0 aliphatic carbocycles. The highest BCUT2D eigenvalue weighted by Gasteiger charge is 2.33. The zero-order chi connectivity index (χ0) is 20.1. The summed E-state index contributed by atoms with van der Waals surface area (Å²) in [4.78, 5) is 38.3. The molecular formula is C18H18N2O6S2. The number of amides is 2. The van der Waals surface area contributed by atoms with Crippen LogP contribution in [0.25, 0.3) is 6.08 Å². The lowest BCUT2D eigenvalue weighted by Gasteiger charge is -2.26. The highest BCUT2D eigenvalue weighted by molar-refractivity contribution is 8.26. The SMILES string of the molecule is O=C(O)CN1C(=O)/C(=C\c2ccc(OCC(=O)N3CCOCC3)cc2)SC1=S. The van der Waals surface area contributed by atoms with Crippen molar-refractivity contribution in [2.24, 2.45) is 0 Å². The van der Waals surface area contributed by atoms with Crippen molar-refractivity contribution in [3.63, 3.8) is 0 Å². The first kappa shape index (κ1) is 20.3. The number of rotatable bonds is 6. The van der Waals surface area contributed by atoms with Crippen molar-refractivity contribution in [3.8, 4) is 5.75 Å². The van der Waals surface area contributed by atoms with Crippen LogP contribution in [0.2, 0.25) is 0 Å². The van der Waals surface area contributed by atoms with E-state index in [0.717, 1.165) is 22.2 Å². The minimum atomic E-state index is -1.12. The van der Waals surface area contributed by atoms with Gasteiger partial charge in [0.05, 0.1) is 18.1 Å². The molecule has 1 aromatic carbocycles. The van der Waals surface area contributed by atoms with Crippen LogP contribution in [-0.4, -0.2) is 76.5 Å². The molecule has 0 unspecified atom stereocenters. The highest BCUT2D eigenvalue weighted by Crippen LogP contribution is 2.32. The number of hydrogen-bond acceptors (Lipinski definition) is 7. The summed E-state index contributed by atoms with van der Waals surface area (Å²) < 4.78 is 11.0. The molecule has 2 saturated heterocycles. The number of nitrogens with zero attached hydrogens (tertiary/aromatic N) is 2.